The molecular weight excluding hydrogens is 120 g/mol. The molecule has 10 heavy (non-hydrogen) atoms. The monoisotopic (exact) mass is 135 g/mol. The summed E-state index contributed by atoms with van der Waals surface area (Å²) in [6.45, 7) is 0. The van der Waals surface area contributed by atoms with Gasteiger partial charge in [0.15, 0.2) is 0 Å². The molecule has 4 aliphatic carbocycles. The highest BCUT2D eigenvalue weighted by molar-refractivity contribution is 5.02. The van der Waals surface area contributed by atoms with Crippen LogP contribution in [0.1, 0.15) is 32.1 Å². The summed E-state index contributed by atoms with van der Waals surface area (Å²) in [5.74, 6) is 4.40. The Morgan fingerprint density at radius 3 is 1.60 bits per heavy atom. The Bertz CT molecular complexity index is 91.6. The Morgan fingerprint density at radius 1 is 0.700 bits per heavy atom. The quantitative estimate of drug-likeness (QED) is 0.448. The molecule has 0 spiro atoms. The minimum Gasteiger partial charge on any atom is -0.322 e. The van der Waals surface area contributed by atoms with Crippen molar-refractivity contribution in [1.29, 1.82) is 0 Å². The van der Waals surface area contributed by atoms with Gasteiger partial charge in [0.1, 0.15) is 0 Å². The van der Waals surface area contributed by atoms with Crippen molar-refractivity contribution < 1.29 is 0 Å². The molecule has 0 heterocycles. The highest BCUT2D eigenvalue weighted by atomic mass is 14.5. The number of rotatable bonds is 0. The molecule has 0 aromatic rings. The first-order valence-corrected chi connectivity index (χ1v) is 4.75. The maximum atomic E-state index is 2.66. The first-order valence-electron chi connectivity index (χ1n) is 4.75. The Labute approximate surface area is 63.0 Å². The fourth-order valence-corrected chi connectivity index (χ4v) is 3.65. The molecule has 4 aliphatic rings. The van der Waals surface area contributed by atoms with Crippen LogP contribution >= 0.6 is 0 Å². The van der Waals surface area contributed by atoms with E-state index in [9.17, 15) is 0 Å². The summed E-state index contributed by atoms with van der Waals surface area (Å²) in [5, 5.41) is 0. The minimum atomic E-state index is 1.05. The fourth-order valence-electron chi connectivity index (χ4n) is 3.65. The van der Waals surface area contributed by atoms with E-state index in [1.807, 2.05) is 0 Å². The van der Waals surface area contributed by atoms with Crippen LogP contribution in [0.15, 0.2) is 0 Å². The molecule has 0 nitrogen and oxygen atoms in total. The van der Waals surface area contributed by atoms with E-state index in [1.165, 1.54) is 0 Å². The number of hydrogen-bond acceptors (Lipinski definition) is 0. The van der Waals surface area contributed by atoms with Crippen molar-refractivity contribution in [3.8, 4) is 0 Å². The van der Waals surface area contributed by atoms with Gasteiger partial charge in [0.25, 0.3) is 0 Å². The molecule has 4 bridgehead atoms. The van der Waals surface area contributed by atoms with E-state index in [-0.39, 0.29) is 0 Å². The molecule has 4 fully saturated rings. The van der Waals surface area contributed by atoms with Gasteiger partial charge in [0.2, 0.25) is 0 Å². The largest absolute Gasteiger partial charge is 0.322 e. The standard InChI is InChI=1S/C10H15/c1-7-2-9-4-8(1)5-10(3-7)6-9/h1,7-10H,2-6H2/q-1. The molecule has 0 saturated heterocycles. The van der Waals surface area contributed by atoms with Crippen molar-refractivity contribution in [2.45, 2.75) is 32.1 Å². The lowest BCUT2D eigenvalue weighted by Gasteiger charge is -2.56. The van der Waals surface area contributed by atoms with E-state index < -0.39 is 0 Å². The van der Waals surface area contributed by atoms with E-state index in [4.69, 9.17) is 0 Å². The second-order valence-corrected chi connectivity index (χ2v) is 4.62. The summed E-state index contributed by atoms with van der Waals surface area (Å²) in [4.78, 5) is 0. The maximum Gasteiger partial charge on any atom is -0.0455 e. The van der Waals surface area contributed by atoms with Gasteiger partial charge in [0, 0.05) is 0 Å². The topological polar surface area (TPSA) is 0 Å². The lowest BCUT2D eigenvalue weighted by molar-refractivity contribution is 0.0649. The highest BCUT2D eigenvalue weighted by Crippen LogP contribution is 2.52. The predicted octanol–water partition coefficient (Wildman–Crippen LogP) is 2.65. The van der Waals surface area contributed by atoms with Gasteiger partial charge in [-0.25, -0.2) is 0 Å². The highest BCUT2D eigenvalue weighted by Gasteiger charge is 2.35. The molecule has 0 aromatic heterocycles. The third-order valence-corrected chi connectivity index (χ3v) is 3.76. The Hall–Kier alpha value is 0. The van der Waals surface area contributed by atoms with Crippen LogP contribution in [-0.4, -0.2) is 0 Å². The lowest BCUT2D eigenvalue weighted by Crippen LogP contribution is -2.38. The summed E-state index contributed by atoms with van der Waals surface area (Å²) in [5.41, 5.74) is 0. The fraction of sp³-hybridized carbons (Fsp3) is 0.900. The smallest absolute Gasteiger partial charge is 0.0455 e. The van der Waals surface area contributed by atoms with Gasteiger partial charge in [-0.1, -0.05) is 25.7 Å². The average molecular weight is 135 g/mol. The third kappa shape index (κ3) is 0.681. The Morgan fingerprint density at radius 2 is 1.20 bits per heavy atom. The van der Waals surface area contributed by atoms with Gasteiger partial charge in [-0.3, -0.25) is 0 Å². The zero-order valence-corrected chi connectivity index (χ0v) is 6.42. The van der Waals surface area contributed by atoms with Crippen molar-refractivity contribution in [2.75, 3.05) is 0 Å². The van der Waals surface area contributed by atoms with Crippen LogP contribution in [0.3, 0.4) is 0 Å². The van der Waals surface area contributed by atoms with Crippen LogP contribution in [-0.2, 0) is 0 Å². The second kappa shape index (κ2) is 1.78. The molecule has 0 unspecified atom stereocenters. The third-order valence-electron chi connectivity index (χ3n) is 3.76. The van der Waals surface area contributed by atoms with Crippen LogP contribution in [0.4, 0.5) is 0 Å². The summed E-state index contributed by atoms with van der Waals surface area (Å²) in [7, 11) is 0. The van der Waals surface area contributed by atoms with E-state index in [0.717, 1.165) is 23.7 Å². The van der Waals surface area contributed by atoms with Gasteiger partial charge >= 0.3 is 0 Å². The molecule has 0 aromatic carbocycles. The summed E-state index contributed by atoms with van der Waals surface area (Å²) < 4.78 is 0. The van der Waals surface area contributed by atoms with Crippen LogP contribution in [0.2, 0.25) is 0 Å². The minimum absolute atomic E-state index is 1.05. The molecule has 0 heteroatoms. The molecule has 0 radical (unpaired) electrons. The van der Waals surface area contributed by atoms with Crippen molar-refractivity contribution in [2.24, 2.45) is 23.7 Å². The molecule has 0 amide bonds. The van der Waals surface area contributed by atoms with Crippen molar-refractivity contribution in [3.05, 3.63) is 6.42 Å². The first-order chi connectivity index (χ1) is 4.90. The zero-order chi connectivity index (χ0) is 6.55. The zero-order valence-electron chi connectivity index (χ0n) is 6.42. The molecule has 4 rings (SSSR count). The predicted molar refractivity (Wildman–Crippen MR) is 41.3 cm³/mol. The van der Waals surface area contributed by atoms with Crippen molar-refractivity contribution in [3.63, 3.8) is 0 Å². The van der Waals surface area contributed by atoms with Gasteiger partial charge in [-0.15, -0.1) is 0 Å². The van der Waals surface area contributed by atoms with Crippen LogP contribution in [0, 0.1) is 30.1 Å². The van der Waals surface area contributed by atoms with Crippen molar-refractivity contribution in [1.82, 2.24) is 0 Å². The Kier molecular flexibility index (Phi) is 1.00. The average Bonchev–Trinajstić information content (AvgIpc) is 1.82. The lowest BCUT2D eigenvalue weighted by atomic mass is 9.56. The molecule has 0 N–H and O–H groups in total. The molecule has 56 valence electrons. The number of hydrogen-bond donors (Lipinski definition) is 0. The SMILES string of the molecule is [CH-]1C2CC3CC1CC(C2)C3. The van der Waals surface area contributed by atoms with Gasteiger partial charge < -0.3 is 6.42 Å². The normalized spacial score (nSPS) is 57.6. The van der Waals surface area contributed by atoms with Gasteiger partial charge in [-0.05, 0) is 18.3 Å². The van der Waals surface area contributed by atoms with Gasteiger partial charge in [-0.2, -0.15) is 11.8 Å². The van der Waals surface area contributed by atoms with E-state index in [2.05, 4.69) is 6.42 Å². The molecule has 0 aliphatic heterocycles. The second-order valence-electron chi connectivity index (χ2n) is 4.62. The Balaban J connectivity index is 1.90. The molecule has 0 atom stereocenters. The molecule has 4 saturated carbocycles. The van der Waals surface area contributed by atoms with E-state index in [1.54, 1.807) is 32.1 Å². The summed E-state index contributed by atoms with van der Waals surface area (Å²) >= 11 is 0. The summed E-state index contributed by atoms with van der Waals surface area (Å²) in [6.07, 6.45) is 10.4. The van der Waals surface area contributed by atoms with Crippen LogP contribution in [0.25, 0.3) is 0 Å². The van der Waals surface area contributed by atoms with Crippen LogP contribution in [0.5, 0.6) is 0 Å². The van der Waals surface area contributed by atoms with Gasteiger partial charge in [0.05, 0.1) is 0 Å². The first kappa shape index (κ1) is 5.62. The van der Waals surface area contributed by atoms with E-state index in [0.29, 0.717) is 0 Å². The van der Waals surface area contributed by atoms with Crippen molar-refractivity contribution >= 4 is 0 Å². The van der Waals surface area contributed by atoms with Crippen LogP contribution < -0.4 is 0 Å². The molecular formula is C10H15-. The van der Waals surface area contributed by atoms with E-state index >= 15 is 0 Å². The summed E-state index contributed by atoms with van der Waals surface area (Å²) in [6, 6.07) is 0. The maximum absolute atomic E-state index is 2.66.